The molecular formula is C41H39NO11. The first kappa shape index (κ1) is 39.1. The van der Waals surface area contributed by atoms with Gasteiger partial charge in [-0.3, -0.25) is 4.79 Å². The van der Waals surface area contributed by atoms with Crippen LogP contribution in [0.1, 0.15) is 56.8 Å². The fraction of sp³-hybridized carbons (Fsp3) is 0.195. The van der Waals surface area contributed by atoms with E-state index in [0.717, 1.165) is 12.2 Å². The quantitative estimate of drug-likeness (QED) is 0.0428. The first-order valence-electron chi connectivity index (χ1n) is 16.7. The standard InChI is InChI=1S/C41H39NO11/c1-3-37(43)50-27-7-5-25-48-33-17-11-29(12-18-33)39(45)42-32-15-9-30(10-16-32)40(46)52-35-21-23-36(24-22-35)53-41(47)31-13-19-34(20-14-31)49-26-6-8-28-51-38(44)4-2/h3-4,9-24H,1-2,5-8,25-28H2,(H,42,45). The number of anilines is 1. The molecule has 0 saturated heterocycles. The van der Waals surface area contributed by atoms with Crippen molar-refractivity contribution < 1.29 is 52.4 Å². The monoisotopic (exact) mass is 721 g/mol. The van der Waals surface area contributed by atoms with Gasteiger partial charge in [0.05, 0.1) is 37.6 Å². The van der Waals surface area contributed by atoms with Crippen molar-refractivity contribution in [2.75, 3.05) is 31.7 Å². The number of hydrogen-bond acceptors (Lipinski definition) is 11. The van der Waals surface area contributed by atoms with Gasteiger partial charge in [0.1, 0.15) is 23.0 Å². The Morgan fingerprint density at radius 1 is 0.472 bits per heavy atom. The molecule has 0 aliphatic heterocycles. The fourth-order valence-corrected chi connectivity index (χ4v) is 4.44. The van der Waals surface area contributed by atoms with Gasteiger partial charge in [-0.1, -0.05) is 13.2 Å². The van der Waals surface area contributed by atoms with E-state index in [2.05, 4.69) is 18.5 Å². The van der Waals surface area contributed by atoms with Gasteiger partial charge >= 0.3 is 23.9 Å². The smallest absolute Gasteiger partial charge is 0.343 e. The second-order valence-corrected chi connectivity index (χ2v) is 11.2. The Balaban J connectivity index is 1.16. The largest absolute Gasteiger partial charge is 0.494 e. The van der Waals surface area contributed by atoms with Crippen LogP contribution in [0.25, 0.3) is 0 Å². The Hall–Kier alpha value is -6.69. The maximum Gasteiger partial charge on any atom is 0.343 e. The summed E-state index contributed by atoms with van der Waals surface area (Å²) in [5.41, 5.74) is 1.49. The highest BCUT2D eigenvalue weighted by Gasteiger charge is 2.13. The van der Waals surface area contributed by atoms with E-state index in [1.807, 2.05) is 0 Å². The average molecular weight is 722 g/mol. The lowest BCUT2D eigenvalue weighted by atomic mass is 10.1. The van der Waals surface area contributed by atoms with Crippen LogP contribution in [-0.2, 0) is 19.1 Å². The first-order chi connectivity index (χ1) is 25.7. The summed E-state index contributed by atoms with van der Waals surface area (Å²) in [5, 5.41) is 2.79. The molecule has 0 spiro atoms. The molecule has 4 aromatic carbocycles. The number of nitrogens with one attached hydrogen (secondary N) is 1. The molecule has 4 aromatic rings. The minimum Gasteiger partial charge on any atom is -0.494 e. The number of ether oxygens (including phenoxy) is 6. The Bertz CT molecular complexity index is 1850. The van der Waals surface area contributed by atoms with E-state index >= 15 is 0 Å². The van der Waals surface area contributed by atoms with Gasteiger partial charge in [0.25, 0.3) is 5.91 Å². The van der Waals surface area contributed by atoms with Crippen molar-refractivity contribution in [3.63, 3.8) is 0 Å². The summed E-state index contributed by atoms with van der Waals surface area (Å²) in [7, 11) is 0. The molecule has 1 amide bonds. The van der Waals surface area contributed by atoms with Crippen LogP contribution in [0.5, 0.6) is 23.0 Å². The second kappa shape index (κ2) is 20.9. The number of benzene rings is 4. The molecule has 1 N–H and O–H groups in total. The van der Waals surface area contributed by atoms with Crippen molar-refractivity contribution in [2.45, 2.75) is 25.7 Å². The number of carbonyl (C=O) groups excluding carboxylic acids is 5. The van der Waals surface area contributed by atoms with Crippen LogP contribution in [-0.4, -0.2) is 56.2 Å². The zero-order valence-electron chi connectivity index (χ0n) is 29.0. The van der Waals surface area contributed by atoms with Crippen LogP contribution < -0.4 is 24.3 Å². The summed E-state index contributed by atoms with van der Waals surface area (Å²) >= 11 is 0. The van der Waals surface area contributed by atoms with E-state index in [0.29, 0.717) is 73.8 Å². The Morgan fingerprint density at radius 2 is 0.830 bits per heavy atom. The third-order valence-electron chi connectivity index (χ3n) is 7.27. The number of rotatable bonds is 20. The third kappa shape index (κ3) is 13.5. The zero-order valence-corrected chi connectivity index (χ0v) is 29.0. The molecule has 0 bridgehead atoms. The molecule has 0 aromatic heterocycles. The summed E-state index contributed by atoms with van der Waals surface area (Å²) < 4.78 is 32.0. The molecule has 0 aliphatic rings. The molecule has 0 radical (unpaired) electrons. The summed E-state index contributed by atoms with van der Waals surface area (Å²) in [5.74, 6) is -0.740. The minimum absolute atomic E-state index is 0.244. The Morgan fingerprint density at radius 3 is 1.25 bits per heavy atom. The van der Waals surface area contributed by atoms with Gasteiger partial charge in [0.2, 0.25) is 0 Å². The number of esters is 4. The highest BCUT2D eigenvalue weighted by atomic mass is 16.5. The van der Waals surface area contributed by atoms with E-state index in [9.17, 15) is 24.0 Å². The number of amides is 1. The van der Waals surface area contributed by atoms with Crippen LogP contribution in [0.3, 0.4) is 0 Å². The van der Waals surface area contributed by atoms with E-state index in [-0.39, 0.29) is 29.6 Å². The van der Waals surface area contributed by atoms with Crippen LogP contribution >= 0.6 is 0 Å². The minimum atomic E-state index is -0.612. The maximum atomic E-state index is 12.7. The predicted molar refractivity (Wildman–Crippen MR) is 195 cm³/mol. The molecule has 0 heterocycles. The lowest BCUT2D eigenvalue weighted by Crippen LogP contribution is -2.13. The van der Waals surface area contributed by atoms with Crippen LogP contribution in [0.2, 0.25) is 0 Å². The number of unbranched alkanes of at least 4 members (excludes halogenated alkanes) is 2. The molecule has 12 heteroatoms. The molecule has 274 valence electrons. The molecule has 0 fully saturated rings. The number of hydrogen-bond donors (Lipinski definition) is 1. The summed E-state index contributed by atoms with van der Waals surface area (Å²) in [6, 6.07) is 25.4. The van der Waals surface area contributed by atoms with Gasteiger partial charge in [-0.05, 0) is 123 Å². The van der Waals surface area contributed by atoms with E-state index in [4.69, 9.17) is 28.4 Å². The zero-order chi connectivity index (χ0) is 37.8. The summed E-state index contributed by atoms with van der Waals surface area (Å²) in [6.45, 7) is 8.12. The van der Waals surface area contributed by atoms with Crippen molar-refractivity contribution in [2.24, 2.45) is 0 Å². The topological polar surface area (TPSA) is 153 Å². The SMILES string of the molecule is C=CC(=O)OCCCCOc1ccc(C(=O)Nc2ccc(C(=O)Oc3ccc(OC(=O)c4ccc(OCCCCOC(=O)C=C)cc4)cc3)cc2)cc1. The number of carbonyl (C=O) groups is 5. The van der Waals surface area contributed by atoms with Crippen molar-refractivity contribution in [3.05, 3.63) is 139 Å². The van der Waals surface area contributed by atoms with Gasteiger partial charge in [0.15, 0.2) is 0 Å². The van der Waals surface area contributed by atoms with Crippen LogP contribution in [0.4, 0.5) is 5.69 Å². The molecule has 53 heavy (non-hydrogen) atoms. The van der Waals surface area contributed by atoms with E-state index in [1.54, 1.807) is 60.7 Å². The van der Waals surface area contributed by atoms with E-state index < -0.39 is 23.9 Å². The summed E-state index contributed by atoms with van der Waals surface area (Å²) in [4.78, 5) is 60.1. The normalized spacial score (nSPS) is 10.3. The first-order valence-corrected chi connectivity index (χ1v) is 16.7. The van der Waals surface area contributed by atoms with Gasteiger partial charge in [0, 0.05) is 23.4 Å². The van der Waals surface area contributed by atoms with Crippen molar-refractivity contribution in [1.82, 2.24) is 0 Å². The molecule has 12 nitrogen and oxygen atoms in total. The van der Waals surface area contributed by atoms with Crippen LogP contribution in [0, 0.1) is 0 Å². The molecule has 0 saturated carbocycles. The molecular weight excluding hydrogens is 682 g/mol. The van der Waals surface area contributed by atoms with Crippen molar-refractivity contribution in [1.29, 1.82) is 0 Å². The molecule has 4 rings (SSSR count). The van der Waals surface area contributed by atoms with Crippen molar-refractivity contribution in [3.8, 4) is 23.0 Å². The fourth-order valence-electron chi connectivity index (χ4n) is 4.44. The molecule has 0 aliphatic carbocycles. The third-order valence-corrected chi connectivity index (χ3v) is 7.27. The van der Waals surface area contributed by atoms with Gasteiger partial charge in [-0.15, -0.1) is 0 Å². The predicted octanol–water partition coefficient (Wildman–Crippen LogP) is 7.15. The maximum absolute atomic E-state index is 12.7. The lowest BCUT2D eigenvalue weighted by Gasteiger charge is -2.09. The van der Waals surface area contributed by atoms with Gasteiger partial charge in [-0.2, -0.15) is 0 Å². The second-order valence-electron chi connectivity index (χ2n) is 11.2. The van der Waals surface area contributed by atoms with E-state index in [1.165, 1.54) is 36.4 Å². The van der Waals surface area contributed by atoms with Gasteiger partial charge in [-0.25, -0.2) is 19.2 Å². The van der Waals surface area contributed by atoms with Crippen molar-refractivity contribution >= 4 is 35.5 Å². The molecule has 0 unspecified atom stereocenters. The summed E-state index contributed by atoms with van der Waals surface area (Å²) in [6.07, 6.45) is 4.91. The highest BCUT2D eigenvalue weighted by Crippen LogP contribution is 2.22. The highest BCUT2D eigenvalue weighted by molar-refractivity contribution is 6.04. The Kier molecular flexibility index (Phi) is 15.4. The van der Waals surface area contributed by atoms with Crippen LogP contribution in [0.15, 0.2) is 122 Å². The lowest BCUT2D eigenvalue weighted by molar-refractivity contribution is -0.138. The molecule has 0 atom stereocenters. The Labute approximate surface area is 306 Å². The average Bonchev–Trinajstić information content (AvgIpc) is 3.18. The van der Waals surface area contributed by atoms with Gasteiger partial charge < -0.3 is 33.7 Å².